The van der Waals surface area contributed by atoms with Crippen LogP contribution in [0.4, 0.5) is 10.1 Å². The number of rotatable bonds is 8. The third-order valence-electron chi connectivity index (χ3n) is 4.43. The standard InChI is InChI=1S/C22H21FN2O5S/c1-29-20-8-4-6-16(21(20)30-2)14-24-22(26)15-5-3-7-19(13-15)31(27,28)25-18-11-9-17(23)10-12-18/h3-13,25H,14H2,1-2H3,(H,24,26). The Bertz CT molecular complexity index is 1180. The summed E-state index contributed by atoms with van der Waals surface area (Å²) in [5.41, 5.74) is 1.09. The number of hydrogen-bond donors (Lipinski definition) is 2. The van der Waals surface area contributed by atoms with Gasteiger partial charge in [-0.3, -0.25) is 9.52 Å². The van der Waals surface area contributed by atoms with Gasteiger partial charge in [0.2, 0.25) is 0 Å². The zero-order chi connectivity index (χ0) is 22.4. The minimum absolute atomic E-state index is 0.0940. The van der Waals surface area contributed by atoms with Crippen molar-refractivity contribution in [1.29, 1.82) is 0 Å². The van der Waals surface area contributed by atoms with Gasteiger partial charge in [0.1, 0.15) is 5.82 Å². The normalized spacial score (nSPS) is 10.9. The Balaban J connectivity index is 1.75. The number of carbonyl (C=O) groups is 1. The molecule has 31 heavy (non-hydrogen) atoms. The Morgan fingerprint density at radius 3 is 2.35 bits per heavy atom. The first-order valence-corrected chi connectivity index (χ1v) is 10.7. The Morgan fingerprint density at radius 1 is 0.968 bits per heavy atom. The molecule has 3 aromatic rings. The third-order valence-corrected chi connectivity index (χ3v) is 5.81. The van der Waals surface area contributed by atoms with E-state index in [4.69, 9.17) is 9.47 Å². The topological polar surface area (TPSA) is 93.7 Å². The molecule has 0 saturated carbocycles. The Morgan fingerprint density at radius 2 is 1.68 bits per heavy atom. The lowest BCUT2D eigenvalue weighted by atomic mass is 10.1. The van der Waals surface area contributed by atoms with Crippen molar-refractivity contribution in [3.8, 4) is 11.5 Å². The molecule has 0 aliphatic heterocycles. The van der Waals surface area contributed by atoms with E-state index < -0.39 is 21.7 Å². The number of sulfonamides is 1. The van der Waals surface area contributed by atoms with E-state index in [1.807, 2.05) is 0 Å². The summed E-state index contributed by atoms with van der Waals surface area (Å²) in [7, 11) is -0.932. The van der Waals surface area contributed by atoms with Gasteiger partial charge in [0.05, 0.1) is 19.1 Å². The van der Waals surface area contributed by atoms with E-state index in [0.717, 1.165) is 12.1 Å². The summed E-state index contributed by atoms with van der Waals surface area (Å²) in [5.74, 6) is 0.109. The lowest BCUT2D eigenvalue weighted by molar-refractivity contribution is 0.0950. The number of hydrogen-bond acceptors (Lipinski definition) is 5. The fourth-order valence-corrected chi connectivity index (χ4v) is 4.01. The van der Waals surface area contributed by atoms with Gasteiger partial charge in [-0.05, 0) is 48.5 Å². The monoisotopic (exact) mass is 444 g/mol. The van der Waals surface area contributed by atoms with Gasteiger partial charge in [-0.1, -0.05) is 18.2 Å². The van der Waals surface area contributed by atoms with Gasteiger partial charge in [-0.2, -0.15) is 0 Å². The van der Waals surface area contributed by atoms with Gasteiger partial charge in [0.15, 0.2) is 11.5 Å². The maximum absolute atomic E-state index is 13.0. The van der Waals surface area contributed by atoms with Crippen LogP contribution in [0, 0.1) is 5.82 Å². The zero-order valence-corrected chi connectivity index (χ0v) is 17.7. The molecule has 0 saturated heterocycles. The fourth-order valence-electron chi connectivity index (χ4n) is 2.91. The van der Waals surface area contributed by atoms with Crippen LogP contribution in [-0.4, -0.2) is 28.5 Å². The molecule has 0 aliphatic carbocycles. The molecule has 0 spiro atoms. The Kier molecular flexibility index (Phi) is 6.76. The summed E-state index contributed by atoms with van der Waals surface area (Å²) in [5, 5.41) is 2.74. The van der Waals surface area contributed by atoms with Crippen molar-refractivity contribution in [2.24, 2.45) is 0 Å². The Labute approximate surface area is 179 Å². The van der Waals surface area contributed by atoms with Gasteiger partial charge in [-0.15, -0.1) is 0 Å². The number of ether oxygens (including phenoxy) is 2. The van der Waals surface area contributed by atoms with Crippen LogP contribution in [0.1, 0.15) is 15.9 Å². The predicted octanol–water partition coefficient (Wildman–Crippen LogP) is 3.57. The molecule has 3 rings (SSSR count). The van der Waals surface area contributed by atoms with Crippen LogP contribution in [-0.2, 0) is 16.6 Å². The number of methoxy groups -OCH3 is 2. The van der Waals surface area contributed by atoms with Crippen molar-refractivity contribution in [2.45, 2.75) is 11.4 Å². The molecular weight excluding hydrogens is 423 g/mol. The molecule has 0 unspecified atom stereocenters. The van der Waals surface area contributed by atoms with E-state index >= 15 is 0 Å². The maximum Gasteiger partial charge on any atom is 0.261 e. The van der Waals surface area contributed by atoms with Gasteiger partial charge in [0, 0.05) is 23.4 Å². The molecule has 0 aliphatic rings. The summed E-state index contributed by atoms with van der Waals surface area (Å²) in [6.45, 7) is 0.157. The molecular formula is C22H21FN2O5S. The number of carbonyl (C=O) groups excluding carboxylic acids is 1. The van der Waals surface area contributed by atoms with Crippen LogP contribution >= 0.6 is 0 Å². The van der Waals surface area contributed by atoms with E-state index in [1.165, 1.54) is 50.6 Å². The quantitative estimate of drug-likeness (QED) is 0.554. The number of benzene rings is 3. The summed E-state index contributed by atoms with van der Waals surface area (Å²) in [4.78, 5) is 12.5. The number of anilines is 1. The summed E-state index contributed by atoms with van der Waals surface area (Å²) in [6, 6.07) is 15.8. The molecule has 162 valence electrons. The van der Waals surface area contributed by atoms with Crippen molar-refractivity contribution >= 4 is 21.6 Å². The van der Waals surface area contributed by atoms with Crippen LogP contribution < -0.4 is 19.5 Å². The van der Waals surface area contributed by atoms with Crippen LogP contribution in [0.15, 0.2) is 71.6 Å². The fraction of sp³-hybridized carbons (Fsp3) is 0.136. The van der Waals surface area contributed by atoms with Crippen LogP contribution in [0.5, 0.6) is 11.5 Å². The second-order valence-corrected chi connectivity index (χ2v) is 8.16. The average molecular weight is 444 g/mol. The second kappa shape index (κ2) is 9.48. The minimum Gasteiger partial charge on any atom is -0.493 e. The molecule has 0 bridgehead atoms. The molecule has 9 heteroatoms. The number of para-hydroxylation sites is 1. The van der Waals surface area contributed by atoms with E-state index in [-0.39, 0.29) is 22.7 Å². The highest BCUT2D eigenvalue weighted by atomic mass is 32.2. The first kappa shape index (κ1) is 22.1. The van der Waals surface area contributed by atoms with Gasteiger partial charge < -0.3 is 14.8 Å². The van der Waals surface area contributed by atoms with Gasteiger partial charge in [-0.25, -0.2) is 12.8 Å². The number of nitrogens with one attached hydrogen (secondary N) is 2. The van der Waals surface area contributed by atoms with Crippen LogP contribution in [0.25, 0.3) is 0 Å². The number of halogens is 1. The first-order chi connectivity index (χ1) is 14.8. The molecule has 1 amide bonds. The van der Waals surface area contributed by atoms with E-state index in [9.17, 15) is 17.6 Å². The van der Waals surface area contributed by atoms with E-state index in [2.05, 4.69) is 10.0 Å². The third kappa shape index (κ3) is 5.32. The highest BCUT2D eigenvalue weighted by Gasteiger charge is 2.17. The summed E-state index contributed by atoms with van der Waals surface area (Å²) >= 11 is 0. The first-order valence-electron chi connectivity index (χ1n) is 9.20. The molecule has 0 heterocycles. The summed E-state index contributed by atoms with van der Waals surface area (Å²) < 4.78 is 51.2. The van der Waals surface area contributed by atoms with Crippen molar-refractivity contribution in [3.05, 3.63) is 83.7 Å². The molecule has 3 aromatic carbocycles. The lowest BCUT2D eigenvalue weighted by Gasteiger charge is -2.13. The molecule has 0 aromatic heterocycles. The van der Waals surface area contributed by atoms with E-state index in [0.29, 0.717) is 17.1 Å². The molecule has 2 N–H and O–H groups in total. The van der Waals surface area contributed by atoms with E-state index in [1.54, 1.807) is 18.2 Å². The predicted molar refractivity (Wildman–Crippen MR) is 114 cm³/mol. The number of amides is 1. The van der Waals surface area contributed by atoms with Crippen molar-refractivity contribution in [2.75, 3.05) is 18.9 Å². The lowest BCUT2D eigenvalue weighted by Crippen LogP contribution is -2.23. The highest BCUT2D eigenvalue weighted by Crippen LogP contribution is 2.30. The highest BCUT2D eigenvalue weighted by molar-refractivity contribution is 7.92. The smallest absolute Gasteiger partial charge is 0.261 e. The molecule has 7 nitrogen and oxygen atoms in total. The minimum atomic E-state index is -3.96. The van der Waals surface area contributed by atoms with Crippen molar-refractivity contribution in [3.63, 3.8) is 0 Å². The Hall–Kier alpha value is -3.59. The summed E-state index contributed by atoms with van der Waals surface area (Å²) in [6.07, 6.45) is 0. The largest absolute Gasteiger partial charge is 0.493 e. The maximum atomic E-state index is 13.0. The van der Waals surface area contributed by atoms with Crippen molar-refractivity contribution < 1.29 is 27.1 Å². The van der Waals surface area contributed by atoms with Crippen LogP contribution in [0.3, 0.4) is 0 Å². The van der Waals surface area contributed by atoms with Crippen molar-refractivity contribution in [1.82, 2.24) is 5.32 Å². The van der Waals surface area contributed by atoms with Crippen LogP contribution in [0.2, 0.25) is 0 Å². The SMILES string of the molecule is COc1cccc(CNC(=O)c2cccc(S(=O)(=O)Nc3ccc(F)cc3)c2)c1OC. The van der Waals surface area contributed by atoms with Gasteiger partial charge in [0.25, 0.3) is 15.9 Å². The molecule has 0 radical (unpaired) electrons. The second-order valence-electron chi connectivity index (χ2n) is 6.48. The molecule has 0 fully saturated rings. The zero-order valence-electron chi connectivity index (χ0n) is 16.9. The average Bonchev–Trinajstić information content (AvgIpc) is 2.78. The molecule has 0 atom stereocenters. The van der Waals surface area contributed by atoms with Gasteiger partial charge >= 0.3 is 0 Å².